The highest BCUT2D eigenvalue weighted by atomic mass is 35.5. The van der Waals surface area contributed by atoms with Crippen LogP contribution < -0.4 is 19.3 Å². The molecule has 2 aromatic rings. The van der Waals surface area contributed by atoms with Gasteiger partial charge < -0.3 is 33.9 Å². The number of piperidine rings is 1. The van der Waals surface area contributed by atoms with Gasteiger partial charge in [0.1, 0.15) is 11.9 Å². The zero-order valence-corrected chi connectivity index (χ0v) is 24.4. The molecule has 220 valence electrons. The molecular formula is C28H40ClN5O6. The van der Waals surface area contributed by atoms with Gasteiger partial charge in [-0.25, -0.2) is 15.0 Å². The van der Waals surface area contributed by atoms with Crippen molar-refractivity contribution in [1.82, 2.24) is 15.0 Å². The van der Waals surface area contributed by atoms with E-state index in [9.17, 15) is 9.90 Å². The van der Waals surface area contributed by atoms with E-state index in [1.165, 1.54) is 0 Å². The van der Waals surface area contributed by atoms with E-state index in [0.717, 1.165) is 31.6 Å². The summed E-state index contributed by atoms with van der Waals surface area (Å²) >= 11 is 6.45. The number of carboxylic acid groups (broad SMARTS) is 1. The number of aliphatic carboxylic acids is 1. The van der Waals surface area contributed by atoms with Gasteiger partial charge in [0, 0.05) is 70.3 Å². The first-order chi connectivity index (χ1) is 19.3. The number of methoxy groups -OCH3 is 1. The van der Waals surface area contributed by atoms with Crippen molar-refractivity contribution in [3.05, 3.63) is 29.7 Å². The van der Waals surface area contributed by atoms with Crippen LogP contribution in [-0.4, -0.2) is 90.8 Å². The van der Waals surface area contributed by atoms with Crippen LogP contribution in [0.15, 0.2) is 24.7 Å². The third-order valence-corrected chi connectivity index (χ3v) is 7.92. The summed E-state index contributed by atoms with van der Waals surface area (Å²) in [4.78, 5) is 29.2. The summed E-state index contributed by atoms with van der Waals surface area (Å²) in [6, 6.07) is 1.65. The largest absolute Gasteiger partial charge is 0.481 e. The number of anilines is 2. The van der Waals surface area contributed by atoms with E-state index in [0.29, 0.717) is 49.0 Å². The summed E-state index contributed by atoms with van der Waals surface area (Å²) in [5.41, 5.74) is 0.909. The zero-order valence-electron chi connectivity index (χ0n) is 23.7. The van der Waals surface area contributed by atoms with Crippen LogP contribution >= 0.6 is 11.6 Å². The minimum absolute atomic E-state index is 0.00265. The highest BCUT2D eigenvalue weighted by Crippen LogP contribution is 2.34. The Morgan fingerprint density at radius 2 is 1.90 bits per heavy atom. The van der Waals surface area contributed by atoms with E-state index in [1.807, 2.05) is 24.8 Å². The average molecular weight is 578 g/mol. The fourth-order valence-electron chi connectivity index (χ4n) is 5.48. The van der Waals surface area contributed by atoms with Crippen molar-refractivity contribution >= 4 is 29.1 Å². The van der Waals surface area contributed by atoms with Gasteiger partial charge in [-0.1, -0.05) is 25.4 Å². The highest BCUT2D eigenvalue weighted by Gasteiger charge is 2.41. The van der Waals surface area contributed by atoms with E-state index in [2.05, 4.69) is 26.8 Å². The molecule has 0 radical (unpaired) electrons. The molecule has 11 nitrogen and oxygen atoms in total. The second-order valence-corrected chi connectivity index (χ2v) is 10.8. The fraction of sp³-hybridized carbons (Fsp3) is 0.643. The number of nitrogens with zero attached hydrogens (tertiary/aromatic N) is 5. The molecule has 12 heteroatoms. The van der Waals surface area contributed by atoms with Crippen LogP contribution in [0.25, 0.3) is 0 Å². The maximum Gasteiger partial charge on any atom is 0.305 e. The molecule has 2 aromatic heterocycles. The van der Waals surface area contributed by atoms with Crippen molar-refractivity contribution in [3.63, 3.8) is 0 Å². The van der Waals surface area contributed by atoms with Gasteiger partial charge in [0.2, 0.25) is 11.8 Å². The van der Waals surface area contributed by atoms with E-state index < -0.39 is 5.97 Å². The molecule has 4 rings (SSSR count). The van der Waals surface area contributed by atoms with Crippen LogP contribution in [0.3, 0.4) is 0 Å². The van der Waals surface area contributed by atoms with Gasteiger partial charge in [-0.3, -0.25) is 4.79 Å². The Balaban J connectivity index is 1.37. The number of carboxylic acids is 1. The SMILES string of the molecule is CCOc1cc(N2CC[C@@H](Oc3cnc(N4C[C@H](OCCCOC)[C@@H](C)[C@@H]4CC(=O)O)cn3)[C@H](C)C2)c(Cl)cn1. The van der Waals surface area contributed by atoms with Crippen molar-refractivity contribution in [1.29, 1.82) is 0 Å². The molecule has 0 saturated carbocycles. The van der Waals surface area contributed by atoms with E-state index in [1.54, 1.807) is 25.7 Å². The monoisotopic (exact) mass is 577 g/mol. The van der Waals surface area contributed by atoms with Crippen molar-refractivity contribution in [2.45, 2.75) is 58.3 Å². The van der Waals surface area contributed by atoms with Crippen LogP contribution in [0.2, 0.25) is 5.02 Å². The van der Waals surface area contributed by atoms with E-state index in [-0.39, 0.29) is 36.5 Å². The highest BCUT2D eigenvalue weighted by molar-refractivity contribution is 6.33. The van der Waals surface area contributed by atoms with E-state index >= 15 is 0 Å². The standard InChI is InChI=1S/C28H40ClN5O6/c1-5-38-26-11-22(20(29)13-31-26)33-8-7-23(18(2)16-33)40-27-15-30-25(14-32-27)34-17-24(39-10-6-9-37-4)19(3)21(34)12-28(35)36/h11,13-15,18-19,21,23-24H,5-10,12,16-17H2,1-4H3,(H,35,36)/t18-,19+,21+,23-,24+/m1/s1. The summed E-state index contributed by atoms with van der Waals surface area (Å²) in [6.07, 6.45) is 6.37. The number of ether oxygens (including phenoxy) is 4. The molecule has 2 aliphatic rings. The first-order valence-electron chi connectivity index (χ1n) is 13.9. The van der Waals surface area contributed by atoms with Gasteiger partial charge in [-0.15, -0.1) is 0 Å². The summed E-state index contributed by atoms with van der Waals surface area (Å²) in [5, 5.41) is 10.1. The smallest absolute Gasteiger partial charge is 0.305 e. The van der Waals surface area contributed by atoms with Crippen LogP contribution in [0, 0.1) is 11.8 Å². The molecule has 0 spiro atoms. The first kappa shape index (κ1) is 30.1. The molecule has 2 fully saturated rings. The Morgan fingerprint density at radius 1 is 1.10 bits per heavy atom. The molecule has 0 aliphatic carbocycles. The number of hydrogen-bond acceptors (Lipinski definition) is 10. The third kappa shape index (κ3) is 7.44. The van der Waals surface area contributed by atoms with Crippen LogP contribution in [0.5, 0.6) is 11.8 Å². The summed E-state index contributed by atoms with van der Waals surface area (Å²) < 4.78 is 23.0. The topological polar surface area (TPSA) is 119 Å². The summed E-state index contributed by atoms with van der Waals surface area (Å²) in [6.45, 7) is 9.92. The third-order valence-electron chi connectivity index (χ3n) is 7.63. The maximum absolute atomic E-state index is 11.6. The van der Waals surface area contributed by atoms with E-state index in [4.69, 9.17) is 30.5 Å². The number of halogens is 1. The van der Waals surface area contributed by atoms with Crippen LogP contribution in [0.4, 0.5) is 11.5 Å². The Labute approximate surface area is 240 Å². The molecule has 0 bridgehead atoms. The average Bonchev–Trinajstić information content (AvgIpc) is 3.23. The second kappa shape index (κ2) is 14.1. The van der Waals surface area contributed by atoms with Crippen molar-refractivity contribution in [3.8, 4) is 11.8 Å². The first-order valence-corrected chi connectivity index (χ1v) is 14.3. The van der Waals surface area contributed by atoms with Gasteiger partial charge in [-0.05, 0) is 13.3 Å². The molecule has 4 heterocycles. The Kier molecular flexibility index (Phi) is 10.6. The van der Waals surface area contributed by atoms with Gasteiger partial charge in [-0.2, -0.15) is 0 Å². The molecule has 5 atom stereocenters. The molecular weight excluding hydrogens is 538 g/mol. The molecule has 0 unspecified atom stereocenters. The van der Waals surface area contributed by atoms with Crippen molar-refractivity contribution < 1.29 is 28.8 Å². The number of pyridine rings is 1. The maximum atomic E-state index is 11.6. The van der Waals surface area contributed by atoms with Gasteiger partial charge >= 0.3 is 5.97 Å². The number of aromatic nitrogens is 3. The normalized spacial score (nSPS) is 24.8. The Bertz CT molecular complexity index is 1110. The molecule has 0 amide bonds. The molecule has 1 N–H and O–H groups in total. The van der Waals surface area contributed by atoms with Gasteiger partial charge in [0.05, 0.1) is 48.4 Å². The minimum Gasteiger partial charge on any atom is -0.481 e. The molecule has 2 aliphatic heterocycles. The Hall–Kier alpha value is -2.89. The zero-order chi connectivity index (χ0) is 28.6. The lowest BCUT2D eigenvalue weighted by Gasteiger charge is -2.38. The summed E-state index contributed by atoms with van der Waals surface area (Å²) in [7, 11) is 1.66. The fourth-order valence-corrected chi connectivity index (χ4v) is 5.70. The van der Waals surface area contributed by atoms with Crippen LogP contribution in [-0.2, 0) is 14.3 Å². The minimum atomic E-state index is -0.850. The predicted molar refractivity (Wildman–Crippen MR) is 152 cm³/mol. The number of hydrogen-bond donors (Lipinski definition) is 1. The Morgan fingerprint density at radius 3 is 2.58 bits per heavy atom. The lowest BCUT2D eigenvalue weighted by atomic mass is 9.96. The lowest BCUT2D eigenvalue weighted by Crippen LogP contribution is -2.44. The molecule has 2 saturated heterocycles. The van der Waals surface area contributed by atoms with Crippen molar-refractivity contribution in [2.24, 2.45) is 11.8 Å². The number of rotatable bonds is 13. The second-order valence-electron chi connectivity index (χ2n) is 10.4. The molecule has 40 heavy (non-hydrogen) atoms. The molecule has 0 aromatic carbocycles. The summed E-state index contributed by atoms with van der Waals surface area (Å²) in [5.74, 6) is 1.02. The van der Waals surface area contributed by atoms with Crippen molar-refractivity contribution in [2.75, 3.05) is 56.4 Å². The quantitative estimate of drug-likeness (QED) is 0.349. The van der Waals surface area contributed by atoms with Gasteiger partial charge in [0.25, 0.3) is 0 Å². The lowest BCUT2D eigenvalue weighted by molar-refractivity contribution is -0.137. The van der Waals surface area contributed by atoms with Gasteiger partial charge in [0.15, 0.2) is 0 Å². The van der Waals surface area contributed by atoms with Crippen LogP contribution in [0.1, 0.15) is 40.0 Å². The predicted octanol–water partition coefficient (Wildman–Crippen LogP) is 3.94. The number of carbonyl (C=O) groups is 1.